The van der Waals surface area contributed by atoms with Crippen LogP contribution in [0.25, 0.3) is 0 Å². The van der Waals surface area contributed by atoms with Crippen LogP contribution in [0.3, 0.4) is 0 Å². The first kappa shape index (κ1) is 8.97. The molecule has 4 nitrogen and oxygen atoms in total. The Labute approximate surface area is 87.8 Å². The van der Waals surface area contributed by atoms with Gasteiger partial charge in [0.15, 0.2) is 6.10 Å². The lowest BCUT2D eigenvalue weighted by Crippen LogP contribution is -2.38. The zero-order chi connectivity index (χ0) is 10.6. The largest absolute Gasteiger partial charge is 0.440 e. The van der Waals surface area contributed by atoms with Crippen LogP contribution in [0.4, 0.5) is 4.79 Å². The van der Waals surface area contributed by atoms with Gasteiger partial charge in [0.1, 0.15) is 12.1 Å². The lowest BCUT2D eigenvalue weighted by molar-refractivity contribution is 0.0581. The first-order chi connectivity index (χ1) is 7.24. The number of hydrogen-bond donors (Lipinski definition) is 1. The summed E-state index contributed by atoms with van der Waals surface area (Å²) < 4.78 is 5.20. The minimum Gasteiger partial charge on any atom is -0.440 e. The number of nitrogens with zero attached hydrogens (tertiary/aromatic N) is 1. The van der Waals surface area contributed by atoms with Crippen molar-refractivity contribution in [2.45, 2.75) is 31.6 Å². The number of rotatable bonds is 0. The highest BCUT2D eigenvalue weighted by Crippen LogP contribution is 2.43. The molecule has 80 valence electrons. The number of aliphatic hydroxyl groups excluding tert-OH is 1. The van der Waals surface area contributed by atoms with E-state index in [4.69, 9.17) is 4.74 Å². The zero-order valence-electron chi connectivity index (χ0n) is 8.51. The fourth-order valence-corrected chi connectivity index (χ4v) is 2.81. The van der Waals surface area contributed by atoms with E-state index in [-0.39, 0.29) is 12.1 Å². The van der Waals surface area contributed by atoms with Crippen molar-refractivity contribution in [1.82, 2.24) is 4.90 Å². The third-order valence-electron chi connectivity index (χ3n) is 3.45. The third kappa shape index (κ3) is 0.973. The maximum absolute atomic E-state index is 11.5. The highest BCUT2D eigenvalue weighted by molar-refractivity contribution is 5.74. The van der Waals surface area contributed by atoms with Crippen molar-refractivity contribution in [1.29, 1.82) is 0 Å². The van der Waals surface area contributed by atoms with Crippen LogP contribution in [-0.4, -0.2) is 40.9 Å². The molecule has 0 aromatic heterocycles. The van der Waals surface area contributed by atoms with Gasteiger partial charge in [-0.25, -0.2) is 4.79 Å². The Balaban J connectivity index is 2.10. The van der Waals surface area contributed by atoms with Gasteiger partial charge in [0.25, 0.3) is 0 Å². The highest BCUT2D eigenvalue weighted by atomic mass is 16.6. The molecule has 0 aromatic rings. The molecule has 0 radical (unpaired) electrons. The molecule has 4 heteroatoms. The minimum atomic E-state index is -0.654. The molecule has 3 unspecified atom stereocenters. The summed E-state index contributed by atoms with van der Waals surface area (Å²) in [5.41, 5.74) is 1.99. The van der Waals surface area contributed by atoms with Crippen LogP contribution < -0.4 is 0 Å². The number of carbonyl (C=O) groups is 1. The van der Waals surface area contributed by atoms with E-state index in [1.165, 1.54) is 0 Å². The molecule has 1 saturated heterocycles. The van der Waals surface area contributed by atoms with Crippen molar-refractivity contribution in [3.63, 3.8) is 0 Å². The molecular weight excluding hydrogens is 194 g/mol. The van der Waals surface area contributed by atoms with E-state index in [9.17, 15) is 9.90 Å². The Morgan fingerprint density at radius 1 is 1.67 bits per heavy atom. The molecule has 0 aromatic carbocycles. The smallest absolute Gasteiger partial charge is 0.410 e. The molecule has 2 heterocycles. The average Bonchev–Trinajstić information content (AvgIpc) is 2.70. The maximum atomic E-state index is 11.5. The fraction of sp³-hybridized carbons (Fsp3) is 0.545. The predicted octanol–water partition coefficient (Wildman–Crippen LogP) is 0.827. The summed E-state index contributed by atoms with van der Waals surface area (Å²) in [4.78, 5) is 13.2. The molecule has 2 aliphatic heterocycles. The first-order valence-corrected chi connectivity index (χ1v) is 5.26. The molecule has 1 amide bonds. The number of aliphatic hydroxyl groups is 1. The van der Waals surface area contributed by atoms with Crippen molar-refractivity contribution in [2.24, 2.45) is 0 Å². The number of allylic oxidation sites excluding steroid dienone is 1. The van der Waals surface area contributed by atoms with Crippen LogP contribution >= 0.6 is 0 Å². The second kappa shape index (κ2) is 2.85. The number of carbonyl (C=O) groups excluding carboxylic acids is 1. The third-order valence-corrected chi connectivity index (χ3v) is 3.45. The Morgan fingerprint density at radius 3 is 3.20 bits per heavy atom. The van der Waals surface area contributed by atoms with Crippen molar-refractivity contribution < 1.29 is 14.6 Å². The number of hydrogen-bond acceptors (Lipinski definition) is 3. The maximum Gasteiger partial charge on any atom is 0.410 e. The molecule has 1 aliphatic carbocycles. The lowest BCUT2D eigenvalue weighted by atomic mass is 10.0. The van der Waals surface area contributed by atoms with Gasteiger partial charge in [-0.05, 0) is 24.5 Å². The zero-order valence-corrected chi connectivity index (χ0v) is 8.51. The second-order valence-corrected chi connectivity index (χ2v) is 4.12. The lowest BCUT2D eigenvalue weighted by Gasteiger charge is -2.25. The summed E-state index contributed by atoms with van der Waals surface area (Å²) >= 11 is 0. The molecular formula is C11H13NO3. The summed E-state index contributed by atoms with van der Waals surface area (Å²) in [7, 11) is 0. The summed E-state index contributed by atoms with van der Waals surface area (Å²) in [6, 6.07) is -0.0487. The van der Waals surface area contributed by atoms with Crippen molar-refractivity contribution in [2.75, 3.05) is 6.54 Å². The number of ether oxygens (including phenoxy) is 1. The van der Waals surface area contributed by atoms with E-state index >= 15 is 0 Å². The van der Waals surface area contributed by atoms with Gasteiger partial charge in [-0.2, -0.15) is 0 Å². The van der Waals surface area contributed by atoms with Crippen LogP contribution in [0.1, 0.15) is 13.3 Å². The van der Waals surface area contributed by atoms with E-state index in [1.54, 1.807) is 4.90 Å². The standard InChI is InChI=1S/C11H13NO3/c1-2-6-7-4-3-5-12-8(7)10(9(6)13)15-11(12)14/h2,4,8-10,13H,3,5H2,1H3/b6-2-. The Morgan fingerprint density at radius 2 is 2.47 bits per heavy atom. The van der Waals surface area contributed by atoms with Gasteiger partial charge < -0.3 is 9.84 Å². The molecule has 3 atom stereocenters. The molecule has 3 aliphatic rings. The highest BCUT2D eigenvalue weighted by Gasteiger charge is 2.54. The summed E-state index contributed by atoms with van der Waals surface area (Å²) in [6.07, 6.45) is 3.53. The molecule has 1 saturated carbocycles. The first-order valence-electron chi connectivity index (χ1n) is 5.26. The van der Waals surface area contributed by atoms with Crippen LogP contribution in [0.15, 0.2) is 23.3 Å². The van der Waals surface area contributed by atoms with Crippen LogP contribution in [0, 0.1) is 0 Å². The van der Waals surface area contributed by atoms with Crippen molar-refractivity contribution in [3.8, 4) is 0 Å². The van der Waals surface area contributed by atoms with E-state index in [1.807, 2.05) is 13.0 Å². The van der Waals surface area contributed by atoms with Gasteiger partial charge in [0.05, 0.1) is 0 Å². The predicted molar refractivity (Wildman–Crippen MR) is 53.2 cm³/mol. The van der Waals surface area contributed by atoms with Crippen molar-refractivity contribution >= 4 is 6.09 Å². The monoisotopic (exact) mass is 207 g/mol. The Kier molecular flexibility index (Phi) is 1.71. The van der Waals surface area contributed by atoms with Gasteiger partial charge >= 0.3 is 6.09 Å². The molecule has 0 bridgehead atoms. The summed E-state index contributed by atoms with van der Waals surface area (Å²) in [5.74, 6) is 0. The van der Waals surface area contributed by atoms with Crippen LogP contribution in [0.5, 0.6) is 0 Å². The second-order valence-electron chi connectivity index (χ2n) is 4.12. The summed E-state index contributed by atoms with van der Waals surface area (Å²) in [5, 5.41) is 10.0. The van der Waals surface area contributed by atoms with Gasteiger partial charge in [0.2, 0.25) is 0 Å². The average molecular weight is 207 g/mol. The SMILES string of the molecule is C/C=C1/C2=CCCN3C(=O)OC(C1O)C23. The topological polar surface area (TPSA) is 49.8 Å². The van der Waals surface area contributed by atoms with Gasteiger partial charge in [0, 0.05) is 6.54 Å². The van der Waals surface area contributed by atoms with Gasteiger partial charge in [-0.1, -0.05) is 12.2 Å². The molecule has 3 rings (SSSR count). The summed E-state index contributed by atoms with van der Waals surface area (Å²) in [6.45, 7) is 2.61. The quantitative estimate of drug-likeness (QED) is 0.640. The van der Waals surface area contributed by atoms with Gasteiger partial charge in [-0.3, -0.25) is 4.90 Å². The number of amides is 1. The van der Waals surface area contributed by atoms with Crippen molar-refractivity contribution in [3.05, 3.63) is 23.3 Å². The van der Waals surface area contributed by atoms with Crippen LogP contribution in [0.2, 0.25) is 0 Å². The molecule has 1 N–H and O–H groups in total. The Bertz CT molecular complexity index is 385. The normalized spacial score (nSPS) is 40.5. The van der Waals surface area contributed by atoms with E-state index in [0.29, 0.717) is 6.54 Å². The molecule has 0 spiro atoms. The molecule has 2 fully saturated rings. The minimum absolute atomic E-state index is 0.0487. The molecule has 15 heavy (non-hydrogen) atoms. The van der Waals surface area contributed by atoms with E-state index in [0.717, 1.165) is 17.6 Å². The van der Waals surface area contributed by atoms with Gasteiger partial charge in [-0.15, -0.1) is 0 Å². The Hall–Kier alpha value is -1.29. The van der Waals surface area contributed by atoms with E-state index in [2.05, 4.69) is 6.08 Å². The fourth-order valence-electron chi connectivity index (χ4n) is 2.81. The van der Waals surface area contributed by atoms with Crippen LogP contribution in [-0.2, 0) is 4.74 Å². The van der Waals surface area contributed by atoms with E-state index < -0.39 is 12.2 Å².